The number of nitrogen functional groups attached to an aromatic ring is 1. The zero-order chi connectivity index (χ0) is 23.2. The van der Waals surface area contributed by atoms with Crippen LogP contribution in [0.1, 0.15) is 23.8 Å². The standard InChI is InChI=1S/C18H23N6O7P/c1-8-3-4-9(2)10(5-8)20-18-21-14-15(22-17(19)23-16(14)26)24(18)13-6-11(25)12(31-13)7-30-32(27,28)29/h3-5,11-13,25H,6-7H2,1-2H3,(H,20,21)(H2,27,28,29)(H3,19,22,23,26)/t11-,12+,13+/m0/s1. The van der Waals surface area contributed by atoms with Crippen molar-refractivity contribution >= 4 is 36.6 Å². The molecule has 1 saturated heterocycles. The van der Waals surface area contributed by atoms with Gasteiger partial charge in [-0.1, -0.05) is 12.1 Å². The van der Waals surface area contributed by atoms with E-state index in [0.29, 0.717) is 0 Å². The molecule has 0 amide bonds. The number of aliphatic hydroxyl groups is 1. The molecule has 3 atom stereocenters. The molecule has 1 aliphatic rings. The predicted molar refractivity (Wildman–Crippen MR) is 114 cm³/mol. The zero-order valence-corrected chi connectivity index (χ0v) is 18.1. The third-order valence-corrected chi connectivity index (χ3v) is 5.59. The van der Waals surface area contributed by atoms with E-state index in [4.69, 9.17) is 20.3 Å². The summed E-state index contributed by atoms with van der Waals surface area (Å²) < 4.78 is 22.8. The van der Waals surface area contributed by atoms with Crippen LogP contribution in [-0.2, 0) is 13.8 Å². The largest absolute Gasteiger partial charge is 0.469 e. The van der Waals surface area contributed by atoms with E-state index in [2.05, 4.69) is 24.8 Å². The number of hydrogen-bond acceptors (Lipinski definition) is 9. The molecule has 0 aliphatic carbocycles. The Morgan fingerprint density at radius 3 is 2.84 bits per heavy atom. The number of nitrogens with two attached hydrogens (primary N) is 1. The number of aromatic nitrogens is 4. The van der Waals surface area contributed by atoms with E-state index in [0.717, 1.165) is 16.8 Å². The van der Waals surface area contributed by atoms with Gasteiger partial charge in [0.05, 0.1) is 12.7 Å². The van der Waals surface area contributed by atoms with E-state index in [1.165, 1.54) is 4.57 Å². The molecule has 1 aliphatic heterocycles. The monoisotopic (exact) mass is 466 g/mol. The number of fused-ring (bicyclic) bond motifs is 1. The first-order chi connectivity index (χ1) is 15.0. The number of aromatic amines is 1. The normalized spacial score (nSPS) is 21.3. The third-order valence-electron chi connectivity index (χ3n) is 5.11. The second kappa shape index (κ2) is 8.28. The van der Waals surface area contributed by atoms with Crippen molar-refractivity contribution in [3.05, 3.63) is 39.7 Å². The van der Waals surface area contributed by atoms with Crippen molar-refractivity contribution in [1.29, 1.82) is 0 Å². The second-order valence-electron chi connectivity index (χ2n) is 7.59. The van der Waals surface area contributed by atoms with Gasteiger partial charge in [0.25, 0.3) is 5.56 Å². The topological polar surface area (TPSA) is 198 Å². The molecule has 3 heterocycles. The van der Waals surface area contributed by atoms with Crippen LogP contribution < -0.4 is 16.6 Å². The van der Waals surface area contributed by atoms with Crippen LogP contribution in [0.15, 0.2) is 23.0 Å². The van der Waals surface area contributed by atoms with Gasteiger partial charge in [-0.3, -0.25) is 18.9 Å². The molecule has 4 rings (SSSR count). The lowest BCUT2D eigenvalue weighted by atomic mass is 10.1. The lowest BCUT2D eigenvalue weighted by Gasteiger charge is -2.19. The third kappa shape index (κ3) is 4.53. The highest BCUT2D eigenvalue weighted by Gasteiger charge is 2.38. The van der Waals surface area contributed by atoms with Crippen LogP contribution in [-0.4, -0.2) is 53.2 Å². The highest BCUT2D eigenvalue weighted by atomic mass is 31.2. The molecule has 1 fully saturated rings. The van der Waals surface area contributed by atoms with Crippen LogP contribution in [0.5, 0.6) is 0 Å². The number of aryl methyl sites for hydroxylation is 2. The number of anilines is 3. The first kappa shape index (κ1) is 22.4. The van der Waals surface area contributed by atoms with Crippen molar-refractivity contribution in [3.63, 3.8) is 0 Å². The SMILES string of the molecule is Cc1ccc(C)c(Nc2nc3c(=O)[nH]c(N)nc3n2[C@H]2C[C@H](O)[C@@H](COP(=O)(O)O)O2)c1. The molecule has 0 radical (unpaired) electrons. The van der Waals surface area contributed by atoms with Crippen molar-refractivity contribution in [2.24, 2.45) is 0 Å². The minimum atomic E-state index is -4.74. The number of aliphatic hydroxyl groups excluding tert-OH is 1. The molecule has 14 heteroatoms. The Morgan fingerprint density at radius 1 is 1.38 bits per heavy atom. The number of rotatable bonds is 6. The van der Waals surface area contributed by atoms with Crippen molar-refractivity contribution in [3.8, 4) is 0 Å². The lowest BCUT2D eigenvalue weighted by Crippen LogP contribution is -2.26. The van der Waals surface area contributed by atoms with Crippen LogP contribution >= 0.6 is 7.82 Å². The fourth-order valence-corrected chi connectivity index (χ4v) is 3.89. The number of nitrogens with zero attached hydrogens (tertiary/aromatic N) is 3. The Bertz CT molecular complexity index is 1270. The summed E-state index contributed by atoms with van der Waals surface area (Å²) in [5.41, 5.74) is 7.99. The number of phosphoric acid groups is 1. The summed E-state index contributed by atoms with van der Waals surface area (Å²) >= 11 is 0. The molecule has 13 nitrogen and oxygen atoms in total. The van der Waals surface area contributed by atoms with Gasteiger partial charge < -0.3 is 30.7 Å². The summed E-state index contributed by atoms with van der Waals surface area (Å²) in [7, 11) is -4.74. The van der Waals surface area contributed by atoms with Crippen molar-refractivity contribution in [2.45, 2.75) is 38.7 Å². The van der Waals surface area contributed by atoms with E-state index in [9.17, 15) is 14.5 Å². The van der Waals surface area contributed by atoms with Crippen molar-refractivity contribution in [1.82, 2.24) is 19.5 Å². The minimum Gasteiger partial charge on any atom is -0.390 e. The summed E-state index contributed by atoms with van der Waals surface area (Å²) in [4.78, 5) is 41.2. The molecule has 0 bridgehead atoms. The van der Waals surface area contributed by atoms with Crippen molar-refractivity contribution < 1.29 is 28.7 Å². The Labute approximate surface area is 181 Å². The van der Waals surface area contributed by atoms with Crippen molar-refractivity contribution in [2.75, 3.05) is 17.7 Å². The minimum absolute atomic E-state index is 0.0139. The summed E-state index contributed by atoms with van der Waals surface area (Å²) in [6.07, 6.45) is -2.92. The highest BCUT2D eigenvalue weighted by Crippen LogP contribution is 2.39. The maximum atomic E-state index is 12.4. The fraction of sp³-hybridized carbons (Fsp3) is 0.389. The smallest absolute Gasteiger partial charge is 0.390 e. The predicted octanol–water partition coefficient (Wildman–Crippen LogP) is 0.820. The van der Waals surface area contributed by atoms with Crippen LogP contribution in [0.4, 0.5) is 17.6 Å². The summed E-state index contributed by atoms with van der Waals surface area (Å²) in [5.74, 6) is 0.105. The molecule has 32 heavy (non-hydrogen) atoms. The molecule has 0 spiro atoms. The molecular formula is C18H23N6O7P. The maximum absolute atomic E-state index is 12.4. The van der Waals surface area contributed by atoms with E-state index in [1.54, 1.807) is 0 Å². The fourth-order valence-electron chi connectivity index (χ4n) is 3.55. The molecule has 0 unspecified atom stereocenters. The van der Waals surface area contributed by atoms with Crippen LogP contribution in [0.25, 0.3) is 11.2 Å². The average Bonchev–Trinajstić information content (AvgIpc) is 3.22. The molecule has 2 aromatic heterocycles. The van der Waals surface area contributed by atoms with Gasteiger partial charge in [0.2, 0.25) is 11.9 Å². The number of hydrogen-bond donors (Lipinski definition) is 6. The number of imidazole rings is 1. The highest BCUT2D eigenvalue weighted by molar-refractivity contribution is 7.46. The summed E-state index contributed by atoms with van der Waals surface area (Å²) in [5, 5.41) is 13.6. The number of nitrogens with one attached hydrogen (secondary N) is 2. The maximum Gasteiger partial charge on any atom is 0.469 e. The number of ether oxygens (including phenoxy) is 1. The van der Waals surface area contributed by atoms with Gasteiger partial charge in [0.1, 0.15) is 12.3 Å². The Balaban J connectivity index is 1.75. The Morgan fingerprint density at radius 2 is 2.12 bits per heavy atom. The lowest BCUT2D eigenvalue weighted by molar-refractivity contribution is -0.0417. The number of benzene rings is 1. The van der Waals surface area contributed by atoms with Crippen LogP contribution in [0.3, 0.4) is 0 Å². The number of H-pyrrole nitrogens is 1. The van der Waals surface area contributed by atoms with Gasteiger partial charge in [-0.05, 0) is 31.0 Å². The quantitative estimate of drug-likeness (QED) is 0.281. The first-order valence-electron chi connectivity index (χ1n) is 9.67. The molecule has 7 N–H and O–H groups in total. The molecule has 172 valence electrons. The van der Waals surface area contributed by atoms with Gasteiger partial charge in [0.15, 0.2) is 11.2 Å². The Hall–Kier alpha value is -2.80. The molecule has 0 saturated carbocycles. The average molecular weight is 466 g/mol. The van der Waals surface area contributed by atoms with Crippen LogP contribution in [0, 0.1) is 13.8 Å². The van der Waals surface area contributed by atoms with E-state index >= 15 is 0 Å². The van der Waals surface area contributed by atoms with E-state index in [-0.39, 0.29) is 29.5 Å². The summed E-state index contributed by atoms with van der Waals surface area (Å²) in [6.45, 7) is 3.32. The van der Waals surface area contributed by atoms with Gasteiger partial charge in [0, 0.05) is 12.1 Å². The van der Waals surface area contributed by atoms with E-state index in [1.807, 2.05) is 32.0 Å². The molecular weight excluding hydrogens is 443 g/mol. The van der Waals surface area contributed by atoms with Gasteiger partial charge in [-0.25, -0.2) is 9.55 Å². The molecule has 1 aromatic carbocycles. The zero-order valence-electron chi connectivity index (χ0n) is 17.2. The van der Waals surface area contributed by atoms with Gasteiger partial charge in [-0.15, -0.1) is 0 Å². The van der Waals surface area contributed by atoms with Gasteiger partial charge >= 0.3 is 7.82 Å². The molecule has 3 aromatic rings. The van der Waals surface area contributed by atoms with Gasteiger partial charge in [-0.2, -0.15) is 4.98 Å². The van der Waals surface area contributed by atoms with Crippen LogP contribution in [0.2, 0.25) is 0 Å². The van der Waals surface area contributed by atoms with E-state index < -0.39 is 38.4 Å². The Kier molecular flexibility index (Phi) is 5.79. The number of phosphoric ester groups is 1. The second-order valence-corrected chi connectivity index (χ2v) is 8.83. The first-order valence-corrected chi connectivity index (χ1v) is 11.2. The summed E-state index contributed by atoms with van der Waals surface area (Å²) in [6, 6.07) is 5.80.